The largest absolute Gasteiger partial charge is 0.490 e. The number of hydrogen-bond acceptors (Lipinski definition) is 4. The van der Waals surface area contributed by atoms with Crippen molar-refractivity contribution in [3.05, 3.63) is 46.4 Å². The predicted octanol–water partition coefficient (Wildman–Crippen LogP) is 3.39. The molecule has 0 saturated heterocycles. The lowest BCUT2D eigenvalue weighted by atomic mass is 10.2. The number of nitrogens with one attached hydrogen (secondary N) is 1. The minimum Gasteiger partial charge on any atom is -0.490 e. The van der Waals surface area contributed by atoms with Crippen LogP contribution in [0.25, 0.3) is 0 Å². The van der Waals surface area contributed by atoms with Crippen molar-refractivity contribution in [2.75, 3.05) is 29.8 Å². The number of ether oxygens (including phenoxy) is 1. The Morgan fingerprint density at radius 1 is 1.22 bits per heavy atom. The molecule has 0 saturated carbocycles. The molecule has 1 heterocycles. The van der Waals surface area contributed by atoms with Gasteiger partial charge >= 0.3 is 0 Å². The Hall–Kier alpha value is -1.73. The van der Waals surface area contributed by atoms with Crippen LogP contribution in [0, 0.1) is 6.92 Å². The molecule has 2 aromatic carbocycles. The van der Waals surface area contributed by atoms with Crippen molar-refractivity contribution < 1.29 is 13.2 Å². The quantitative estimate of drug-likeness (QED) is 0.863. The Labute approximate surface area is 144 Å². The van der Waals surface area contributed by atoms with Crippen molar-refractivity contribution in [3.63, 3.8) is 0 Å². The lowest BCUT2D eigenvalue weighted by Crippen LogP contribution is -2.29. The third-order valence-corrected chi connectivity index (χ3v) is 6.02. The van der Waals surface area contributed by atoms with Crippen LogP contribution in [-0.4, -0.2) is 28.6 Å². The molecule has 0 atom stereocenters. The second kappa shape index (κ2) is 6.05. The smallest absolute Gasteiger partial charge is 0.261 e. The van der Waals surface area contributed by atoms with Crippen molar-refractivity contribution in [1.29, 1.82) is 0 Å². The van der Waals surface area contributed by atoms with Crippen LogP contribution in [0.15, 0.2) is 45.8 Å². The molecule has 0 radical (unpaired) electrons. The summed E-state index contributed by atoms with van der Waals surface area (Å²) in [6, 6.07) is 10.2. The van der Waals surface area contributed by atoms with Crippen LogP contribution in [0.4, 0.5) is 11.4 Å². The molecule has 5 nitrogen and oxygen atoms in total. The van der Waals surface area contributed by atoms with E-state index in [2.05, 4.69) is 20.7 Å². The van der Waals surface area contributed by atoms with Gasteiger partial charge in [-0.05, 0) is 48.9 Å². The second-order valence-corrected chi connectivity index (χ2v) is 8.01. The van der Waals surface area contributed by atoms with Gasteiger partial charge in [0.2, 0.25) is 0 Å². The zero-order chi connectivity index (χ0) is 16.6. The van der Waals surface area contributed by atoms with E-state index in [1.54, 1.807) is 30.3 Å². The summed E-state index contributed by atoms with van der Waals surface area (Å²) in [5.41, 5.74) is 2.28. The van der Waals surface area contributed by atoms with Crippen molar-refractivity contribution >= 4 is 37.3 Å². The van der Waals surface area contributed by atoms with E-state index >= 15 is 0 Å². The highest BCUT2D eigenvalue weighted by Gasteiger charge is 2.21. The molecule has 0 fully saturated rings. The average Bonchev–Trinajstić information content (AvgIpc) is 2.51. The van der Waals surface area contributed by atoms with Gasteiger partial charge in [-0.3, -0.25) is 4.72 Å². The third-order valence-electron chi connectivity index (χ3n) is 3.75. The van der Waals surface area contributed by atoms with Gasteiger partial charge in [0.15, 0.2) is 0 Å². The van der Waals surface area contributed by atoms with Gasteiger partial charge in [0.1, 0.15) is 12.4 Å². The van der Waals surface area contributed by atoms with Gasteiger partial charge in [-0.25, -0.2) is 8.42 Å². The van der Waals surface area contributed by atoms with Gasteiger partial charge in [-0.1, -0.05) is 15.9 Å². The first-order chi connectivity index (χ1) is 10.9. The van der Waals surface area contributed by atoms with Crippen LogP contribution < -0.4 is 14.4 Å². The Morgan fingerprint density at radius 3 is 2.74 bits per heavy atom. The van der Waals surface area contributed by atoms with Crippen LogP contribution in [0.5, 0.6) is 5.75 Å². The number of sulfonamides is 1. The van der Waals surface area contributed by atoms with E-state index in [1.807, 2.05) is 24.9 Å². The number of hydrogen-bond donors (Lipinski definition) is 1. The van der Waals surface area contributed by atoms with Crippen LogP contribution in [-0.2, 0) is 10.0 Å². The first-order valence-electron chi connectivity index (χ1n) is 7.14. The van der Waals surface area contributed by atoms with E-state index in [1.165, 1.54) is 0 Å². The van der Waals surface area contributed by atoms with Gasteiger partial charge in [0, 0.05) is 17.2 Å². The normalized spacial score (nSPS) is 14.1. The van der Waals surface area contributed by atoms with Gasteiger partial charge in [-0.15, -0.1) is 0 Å². The number of halogens is 1. The second-order valence-electron chi connectivity index (χ2n) is 5.47. The summed E-state index contributed by atoms with van der Waals surface area (Å²) in [6.45, 7) is 3.24. The lowest BCUT2D eigenvalue weighted by Gasteiger charge is -2.28. The fourth-order valence-corrected chi connectivity index (χ4v) is 3.74. The minimum atomic E-state index is -3.65. The van der Waals surface area contributed by atoms with Crippen LogP contribution >= 0.6 is 15.9 Å². The maximum Gasteiger partial charge on any atom is 0.261 e. The highest BCUT2D eigenvalue weighted by Crippen LogP contribution is 2.33. The number of rotatable bonds is 3. The predicted molar refractivity (Wildman–Crippen MR) is 94.9 cm³/mol. The average molecular weight is 397 g/mol. The van der Waals surface area contributed by atoms with E-state index in [0.717, 1.165) is 22.3 Å². The highest BCUT2D eigenvalue weighted by atomic mass is 79.9. The zero-order valence-electron chi connectivity index (χ0n) is 12.8. The van der Waals surface area contributed by atoms with Gasteiger partial charge in [0.25, 0.3) is 10.0 Å². The molecule has 1 N–H and O–H groups in total. The zero-order valence-corrected chi connectivity index (χ0v) is 15.2. The summed E-state index contributed by atoms with van der Waals surface area (Å²) < 4.78 is 34.3. The highest BCUT2D eigenvalue weighted by molar-refractivity contribution is 9.10. The number of likely N-dealkylation sites (N-methyl/N-ethyl adjacent to an activating group) is 1. The molecular formula is C16H17BrN2O3S. The summed E-state index contributed by atoms with van der Waals surface area (Å²) >= 11 is 3.41. The molecule has 0 unspecified atom stereocenters. The molecule has 0 aromatic heterocycles. The Balaban J connectivity index is 1.93. The number of nitrogens with zero attached hydrogens (tertiary/aromatic N) is 1. The molecule has 23 heavy (non-hydrogen) atoms. The lowest BCUT2D eigenvalue weighted by molar-refractivity contribution is 0.311. The van der Waals surface area contributed by atoms with Crippen molar-refractivity contribution in [2.24, 2.45) is 0 Å². The Morgan fingerprint density at radius 2 is 2.00 bits per heavy atom. The molecule has 1 aliphatic rings. The van der Waals surface area contributed by atoms with Crippen LogP contribution in [0.2, 0.25) is 0 Å². The van der Waals surface area contributed by atoms with Gasteiger partial charge in [-0.2, -0.15) is 0 Å². The van der Waals surface area contributed by atoms with E-state index < -0.39 is 10.0 Å². The number of fused-ring (bicyclic) bond motifs is 1. The number of benzene rings is 2. The third kappa shape index (κ3) is 3.30. The van der Waals surface area contributed by atoms with E-state index in [-0.39, 0.29) is 4.90 Å². The molecule has 0 aliphatic carbocycles. The standard InChI is InChI=1S/C16H17BrN2O3S/c1-11-9-12(3-5-14(11)17)18-23(20,21)13-4-6-16-15(10-13)19(2)7-8-22-16/h3-6,9-10,18H,7-8H2,1-2H3. The van der Waals surface area contributed by atoms with E-state index in [0.29, 0.717) is 18.0 Å². The maximum atomic E-state index is 12.6. The van der Waals surface area contributed by atoms with Crippen LogP contribution in [0.3, 0.4) is 0 Å². The molecule has 0 spiro atoms. The fraction of sp³-hybridized carbons (Fsp3) is 0.250. The molecule has 2 aromatic rings. The van der Waals surface area contributed by atoms with E-state index in [4.69, 9.17) is 4.74 Å². The Bertz CT molecular complexity index is 852. The minimum absolute atomic E-state index is 0.217. The number of aryl methyl sites for hydroxylation is 1. The molecule has 3 rings (SSSR count). The van der Waals surface area contributed by atoms with Crippen molar-refractivity contribution in [2.45, 2.75) is 11.8 Å². The summed E-state index contributed by atoms with van der Waals surface area (Å²) in [7, 11) is -1.73. The van der Waals surface area contributed by atoms with E-state index in [9.17, 15) is 8.42 Å². The molecule has 7 heteroatoms. The van der Waals surface area contributed by atoms with Gasteiger partial charge in [0.05, 0.1) is 17.1 Å². The molecular weight excluding hydrogens is 380 g/mol. The number of anilines is 2. The SMILES string of the molecule is Cc1cc(NS(=O)(=O)c2ccc3c(c2)N(C)CCO3)ccc1Br. The first kappa shape index (κ1) is 16.1. The first-order valence-corrected chi connectivity index (χ1v) is 9.41. The van der Waals surface area contributed by atoms with Crippen molar-refractivity contribution in [3.8, 4) is 5.75 Å². The van der Waals surface area contributed by atoms with Crippen LogP contribution in [0.1, 0.15) is 5.56 Å². The molecule has 122 valence electrons. The summed E-state index contributed by atoms with van der Waals surface area (Å²) in [6.07, 6.45) is 0. The Kier molecular flexibility index (Phi) is 4.25. The summed E-state index contributed by atoms with van der Waals surface area (Å²) in [5, 5.41) is 0. The molecule has 0 bridgehead atoms. The molecule has 0 amide bonds. The van der Waals surface area contributed by atoms with Gasteiger partial charge < -0.3 is 9.64 Å². The van der Waals surface area contributed by atoms with Crippen molar-refractivity contribution in [1.82, 2.24) is 0 Å². The molecule has 1 aliphatic heterocycles. The fourth-order valence-electron chi connectivity index (χ4n) is 2.42. The maximum absolute atomic E-state index is 12.6. The summed E-state index contributed by atoms with van der Waals surface area (Å²) in [4.78, 5) is 2.20. The monoisotopic (exact) mass is 396 g/mol. The topological polar surface area (TPSA) is 58.6 Å². The summed E-state index contributed by atoms with van der Waals surface area (Å²) in [5.74, 6) is 0.706.